The Hall–Kier alpha value is -2.61. The molecule has 0 saturated heterocycles. The third kappa shape index (κ3) is 5.69. The Morgan fingerprint density at radius 1 is 1.03 bits per heavy atom. The fourth-order valence-electron chi connectivity index (χ4n) is 2.70. The number of carbonyl (C=O) groups is 2. The van der Waals surface area contributed by atoms with E-state index in [1.165, 1.54) is 12.3 Å². The predicted molar refractivity (Wildman–Crippen MR) is 110 cm³/mol. The van der Waals surface area contributed by atoms with E-state index in [9.17, 15) is 18.0 Å². The first-order chi connectivity index (χ1) is 13.7. The zero-order valence-electron chi connectivity index (χ0n) is 17.1. The van der Waals surface area contributed by atoms with Gasteiger partial charge in [0.2, 0.25) is 0 Å². The van der Waals surface area contributed by atoms with Gasteiger partial charge in [-0.3, -0.25) is 9.59 Å². The molecule has 0 bridgehead atoms. The summed E-state index contributed by atoms with van der Waals surface area (Å²) in [5.74, 6) is -1.21. The smallest absolute Gasteiger partial charge is 0.309 e. The van der Waals surface area contributed by atoms with Gasteiger partial charge in [-0.05, 0) is 49.1 Å². The second-order valence-corrected chi connectivity index (χ2v) is 9.40. The van der Waals surface area contributed by atoms with Crippen molar-refractivity contribution in [2.24, 2.45) is 0 Å². The van der Waals surface area contributed by atoms with Crippen LogP contribution in [0.5, 0.6) is 0 Å². The fraction of sp³-hybridized carbons (Fsp3) is 0.429. The standard InChI is InChI=1S/C21H28N2O5S/c1-5-15(4)23-21(25)20(24)22-13-19(18-7-6-12-28-18)29(26,27)17-10-8-16(9-11-17)14(2)3/h6-12,14-15,19H,5,13H2,1-4H3,(H,22,24)(H,23,25)/t15-,19+/m1/s1. The number of carbonyl (C=O) groups excluding carboxylic acids is 2. The van der Waals surface area contributed by atoms with Gasteiger partial charge < -0.3 is 15.1 Å². The molecule has 0 radical (unpaired) electrons. The molecule has 1 aromatic heterocycles. The molecular weight excluding hydrogens is 392 g/mol. The lowest BCUT2D eigenvalue weighted by molar-refractivity contribution is -0.139. The molecule has 1 heterocycles. The summed E-state index contributed by atoms with van der Waals surface area (Å²) < 4.78 is 31.7. The highest BCUT2D eigenvalue weighted by Gasteiger charge is 2.32. The quantitative estimate of drug-likeness (QED) is 0.639. The van der Waals surface area contributed by atoms with E-state index in [1.807, 2.05) is 20.8 Å². The fourth-order valence-corrected chi connectivity index (χ4v) is 4.29. The van der Waals surface area contributed by atoms with Crippen LogP contribution in [0.25, 0.3) is 0 Å². The van der Waals surface area contributed by atoms with Crippen LogP contribution in [0, 0.1) is 0 Å². The first-order valence-corrected chi connectivity index (χ1v) is 11.2. The summed E-state index contributed by atoms with van der Waals surface area (Å²) in [7, 11) is -3.86. The van der Waals surface area contributed by atoms with Crippen molar-refractivity contribution in [1.82, 2.24) is 10.6 Å². The number of furan rings is 1. The minimum Gasteiger partial charge on any atom is -0.468 e. The van der Waals surface area contributed by atoms with Gasteiger partial charge in [-0.2, -0.15) is 0 Å². The summed E-state index contributed by atoms with van der Waals surface area (Å²) in [5.41, 5.74) is 1.02. The minimum absolute atomic E-state index is 0.126. The van der Waals surface area contributed by atoms with Crippen molar-refractivity contribution < 1.29 is 22.4 Å². The zero-order chi connectivity index (χ0) is 21.6. The summed E-state index contributed by atoms with van der Waals surface area (Å²) in [6.07, 6.45) is 2.05. The zero-order valence-corrected chi connectivity index (χ0v) is 18.0. The molecule has 0 spiro atoms. The molecule has 2 amide bonds. The molecule has 0 fully saturated rings. The maximum absolute atomic E-state index is 13.2. The Bertz CT molecular complexity index is 918. The molecule has 0 unspecified atom stereocenters. The van der Waals surface area contributed by atoms with E-state index in [-0.39, 0.29) is 29.2 Å². The number of nitrogens with one attached hydrogen (secondary N) is 2. The second kappa shape index (κ2) is 9.73. The third-order valence-corrected chi connectivity index (χ3v) is 6.83. The molecule has 2 N–H and O–H groups in total. The van der Waals surface area contributed by atoms with E-state index < -0.39 is 26.9 Å². The van der Waals surface area contributed by atoms with E-state index in [0.29, 0.717) is 6.42 Å². The highest BCUT2D eigenvalue weighted by Crippen LogP contribution is 2.29. The molecule has 158 valence electrons. The number of hydrogen-bond acceptors (Lipinski definition) is 5. The largest absolute Gasteiger partial charge is 0.468 e. The maximum atomic E-state index is 13.2. The Morgan fingerprint density at radius 2 is 1.69 bits per heavy atom. The Balaban J connectivity index is 2.22. The topological polar surface area (TPSA) is 105 Å². The van der Waals surface area contributed by atoms with Gasteiger partial charge in [0.1, 0.15) is 11.0 Å². The van der Waals surface area contributed by atoms with Crippen LogP contribution in [-0.4, -0.2) is 32.8 Å². The Morgan fingerprint density at radius 3 is 2.21 bits per heavy atom. The van der Waals surface area contributed by atoms with Crippen molar-refractivity contribution in [3.05, 3.63) is 54.0 Å². The van der Waals surface area contributed by atoms with Gasteiger partial charge in [0.25, 0.3) is 0 Å². The highest BCUT2D eigenvalue weighted by molar-refractivity contribution is 7.91. The molecule has 1 aromatic carbocycles. The predicted octanol–water partition coefficient (Wildman–Crippen LogP) is 2.95. The normalized spacial score (nSPS) is 13.7. The lowest BCUT2D eigenvalue weighted by atomic mass is 10.0. The van der Waals surface area contributed by atoms with Gasteiger partial charge >= 0.3 is 11.8 Å². The average molecular weight is 421 g/mol. The number of sulfone groups is 1. The molecule has 2 atom stereocenters. The van der Waals surface area contributed by atoms with Gasteiger partial charge in [0.15, 0.2) is 9.84 Å². The van der Waals surface area contributed by atoms with E-state index >= 15 is 0 Å². The SMILES string of the molecule is CC[C@@H](C)NC(=O)C(=O)NC[C@@H](c1ccco1)S(=O)(=O)c1ccc(C(C)C)cc1. The van der Waals surface area contributed by atoms with Crippen molar-refractivity contribution in [3.63, 3.8) is 0 Å². The molecule has 7 nitrogen and oxygen atoms in total. The van der Waals surface area contributed by atoms with Crippen molar-refractivity contribution in [1.29, 1.82) is 0 Å². The molecule has 2 rings (SSSR count). The molecule has 29 heavy (non-hydrogen) atoms. The van der Waals surface area contributed by atoms with Crippen LogP contribution in [0.15, 0.2) is 52.0 Å². The molecule has 8 heteroatoms. The summed E-state index contributed by atoms with van der Waals surface area (Å²) >= 11 is 0. The summed E-state index contributed by atoms with van der Waals surface area (Å²) in [6, 6.07) is 9.62. The van der Waals surface area contributed by atoms with Crippen LogP contribution in [0.2, 0.25) is 0 Å². The van der Waals surface area contributed by atoms with Crippen LogP contribution < -0.4 is 10.6 Å². The molecule has 0 aliphatic rings. The molecule has 0 aliphatic heterocycles. The monoisotopic (exact) mass is 420 g/mol. The van der Waals surface area contributed by atoms with Crippen molar-refractivity contribution in [2.45, 2.75) is 56.2 Å². The van der Waals surface area contributed by atoms with Gasteiger partial charge in [-0.25, -0.2) is 8.42 Å². The summed E-state index contributed by atoms with van der Waals surface area (Å²) in [5, 5.41) is 3.82. The molecular formula is C21H28N2O5S. The van der Waals surface area contributed by atoms with E-state index in [4.69, 9.17) is 4.42 Å². The van der Waals surface area contributed by atoms with Gasteiger partial charge in [0.05, 0.1) is 11.2 Å². The van der Waals surface area contributed by atoms with Gasteiger partial charge in [-0.15, -0.1) is 0 Å². The van der Waals surface area contributed by atoms with E-state index in [1.54, 1.807) is 37.3 Å². The number of amides is 2. The van der Waals surface area contributed by atoms with Crippen LogP contribution >= 0.6 is 0 Å². The maximum Gasteiger partial charge on any atom is 0.309 e. The average Bonchev–Trinajstić information content (AvgIpc) is 3.21. The van der Waals surface area contributed by atoms with E-state index in [2.05, 4.69) is 10.6 Å². The first-order valence-electron chi connectivity index (χ1n) is 9.62. The number of rotatable bonds is 8. The van der Waals surface area contributed by atoms with Crippen LogP contribution in [-0.2, 0) is 19.4 Å². The molecule has 2 aromatic rings. The van der Waals surface area contributed by atoms with Crippen molar-refractivity contribution in [2.75, 3.05) is 6.54 Å². The van der Waals surface area contributed by atoms with Crippen molar-refractivity contribution in [3.8, 4) is 0 Å². The van der Waals surface area contributed by atoms with Crippen LogP contribution in [0.4, 0.5) is 0 Å². The first kappa shape index (κ1) is 22.7. The Kier molecular flexibility index (Phi) is 7.61. The lowest BCUT2D eigenvalue weighted by Crippen LogP contribution is -2.45. The number of hydrogen-bond donors (Lipinski definition) is 2. The number of benzene rings is 1. The summed E-state index contributed by atoms with van der Waals surface area (Å²) in [4.78, 5) is 24.2. The minimum atomic E-state index is -3.86. The van der Waals surface area contributed by atoms with Gasteiger partial charge in [0, 0.05) is 12.6 Å². The van der Waals surface area contributed by atoms with Crippen LogP contribution in [0.3, 0.4) is 0 Å². The second-order valence-electron chi connectivity index (χ2n) is 7.27. The lowest BCUT2D eigenvalue weighted by Gasteiger charge is -2.17. The molecule has 0 saturated carbocycles. The van der Waals surface area contributed by atoms with E-state index in [0.717, 1.165) is 5.56 Å². The molecule has 0 aliphatic carbocycles. The summed E-state index contributed by atoms with van der Waals surface area (Å²) in [6.45, 7) is 7.42. The van der Waals surface area contributed by atoms with Crippen molar-refractivity contribution >= 4 is 21.7 Å². The Labute approximate surface area is 171 Å². The third-order valence-electron chi connectivity index (χ3n) is 4.75. The highest BCUT2D eigenvalue weighted by atomic mass is 32.2. The van der Waals surface area contributed by atoms with Gasteiger partial charge in [-0.1, -0.05) is 32.9 Å². The van der Waals surface area contributed by atoms with Crippen LogP contribution in [0.1, 0.15) is 56.6 Å².